The van der Waals surface area contributed by atoms with Crippen LogP contribution in [0.15, 0.2) is 18.2 Å². The first kappa shape index (κ1) is 7.55. The van der Waals surface area contributed by atoms with E-state index in [9.17, 15) is 9.50 Å². The molecule has 0 aliphatic rings. The molecule has 1 aromatic heterocycles. The fraction of sp³-hybridized carbons (Fsp3) is 0. The van der Waals surface area contributed by atoms with Crippen molar-refractivity contribution in [2.75, 3.05) is 0 Å². The topological polar surface area (TPSA) is 67.0 Å². The Bertz CT molecular complexity index is 512. The Hall–Kier alpha value is -2.09. The molecule has 0 aliphatic heterocycles. The van der Waals surface area contributed by atoms with E-state index in [1.54, 1.807) is 0 Å². The Labute approximate surface area is 72.2 Å². The first-order valence-electron chi connectivity index (χ1n) is 3.55. The lowest BCUT2D eigenvalue weighted by Crippen LogP contribution is -1.87. The third-order valence-corrected chi connectivity index (χ3v) is 1.80. The minimum absolute atomic E-state index is 0.158. The Kier molecular flexibility index (Phi) is 1.43. The Balaban J connectivity index is 2.91. The van der Waals surface area contributed by atoms with Gasteiger partial charge in [0.05, 0.1) is 16.8 Å². The number of hydrogen-bond acceptors (Lipinski definition) is 2. The van der Waals surface area contributed by atoms with Crippen LogP contribution < -0.4 is 5.11 Å². The van der Waals surface area contributed by atoms with Crippen LogP contribution in [-0.4, -0.2) is 4.98 Å². The largest absolute Gasteiger partial charge is 0.855 e. The van der Waals surface area contributed by atoms with Gasteiger partial charge >= 0.3 is 5.69 Å². The molecule has 0 atom stereocenters. The fourth-order valence-electron chi connectivity index (χ4n) is 1.22. The van der Waals surface area contributed by atoms with Gasteiger partial charge in [-0.25, -0.2) is 4.39 Å². The molecule has 0 amide bonds. The number of hydrogen-bond donors (Lipinski definition) is 1. The monoisotopic (exact) mass is 177 g/mol. The highest BCUT2D eigenvalue weighted by Crippen LogP contribution is 2.33. The molecule has 5 heteroatoms. The normalized spacial score (nSPS) is 10.2. The van der Waals surface area contributed by atoms with Crippen LogP contribution in [0.3, 0.4) is 0 Å². The van der Waals surface area contributed by atoms with Gasteiger partial charge in [-0.1, -0.05) is 0 Å². The van der Waals surface area contributed by atoms with Crippen molar-refractivity contribution in [2.24, 2.45) is 0 Å². The molecule has 0 saturated heterocycles. The number of diazo groups is 1. The SMILES string of the molecule is N#[N+]c1c([O-])[nH]c2ccc(F)cc12. The molecule has 2 rings (SSSR count). The van der Waals surface area contributed by atoms with E-state index in [0.717, 1.165) is 6.07 Å². The molecule has 1 aromatic carbocycles. The number of aromatic amines is 1. The summed E-state index contributed by atoms with van der Waals surface area (Å²) in [4.78, 5) is 5.22. The molecular formula is C8H4FN3O. The van der Waals surface area contributed by atoms with Crippen LogP contribution in [0.25, 0.3) is 15.9 Å². The van der Waals surface area contributed by atoms with E-state index in [2.05, 4.69) is 9.96 Å². The lowest BCUT2D eigenvalue weighted by Gasteiger charge is -1.90. The highest BCUT2D eigenvalue weighted by molar-refractivity contribution is 5.95. The molecule has 0 fully saturated rings. The molecular weight excluding hydrogens is 173 g/mol. The predicted molar refractivity (Wildman–Crippen MR) is 42.4 cm³/mol. The number of fused-ring (bicyclic) bond motifs is 1. The second kappa shape index (κ2) is 2.45. The number of nitrogens with one attached hydrogen (secondary N) is 1. The average Bonchev–Trinajstić information content (AvgIpc) is 2.40. The van der Waals surface area contributed by atoms with Crippen LogP contribution in [0.1, 0.15) is 0 Å². The number of benzene rings is 1. The number of halogens is 1. The van der Waals surface area contributed by atoms with Crippen molar-refractivity contribution in [2.45, 2.75) is 0 Å². The summed E-state index contributed by atoms with van der Waals surface area (Å²) in [6, 6.07) is 3.78. The van der Waals surface area contributed by atoms with Crippen molar-refractivity contribution < 1.29 is 9.50 Å². The van der Waals surface area contributed by atoms with E-state index >= 15 is 0 Å². The van der Waals surface area contributed by atoms with E-state index in [1.165, 1.54) is 12.1 Å². The first-order chi connectivity index (χ1) is 6.22. The molecule has 0 unspecified atom stereocenters. The van der Waals surface area contributed by atoms with Crippen LogP contribution in [-0.2, 0) is 0 Å². The third kappa shape index (κ3) is 0.999. The van der Waals surface area contributed by atoms with Crippen molar-refractivity contribution in [1.29, 1.82) is 5.39 Å². The number of nitrogens with zero attached hydrogens (tertiary/aromatic N) is 2. The molecule has 1 heterocycles. The van der Waals surface area contributed by atoms with Gasteiger partial charge < -0.3 is 10.1 Å². The highest BCUT2D eigenvalue weighted by Gasteiger charge is 2.16. The van der Waals surface area contributed by atoms with E-state index in [4.69, 9.17) is 5.39 Å². The number of H-pyrrole nitrogens is 1. The predicted octanol–water partition coefficient (Wildman–Crippen LogP) is 1.87. The minimum atomic E-state index is -0.525. The van der Waals surface area contributed by atoms with E-state index in [0.29, 0.717) is 5.52 Å². The summed E-state index contributed by atoms with van der Waals surface area (Å²) < 4.78 is 12.7. The molecule has 0 spiro atoms. The molecule has 1 N–H and O–H groups in total. The maximum Gasteiger partial charge on any atom is 0.402 e. The maximum atomic E-state index is 12.7. The zero-order valence-corrected chi connectivity index (χ0v) is 6.41. The summed E-state index contributed by atoms with van der Waals surface area (Å²) >= 11 is 0. The minimum Gasteiger partial charge on any atom is -0.855 e. The molecule has 0 bridgehead atoms. The summed E-state index contributed by atoms with van der Waals surface area (Å²) in [6.45, 7) is 0. The summed E-state index contributed by atoms with van der Waals surface area (Å²) in [5.74, 6) is -1.00. The second-order valence-electron chi connectivity index (χ2n) is 2.59. The van der Waals surface area contributed by atoms with Gasteiger partial charge in [-0.15, -0.1) is 0 Å². The lowest BCUT2D eigenvalue weighted by atomic mass is 10.2. The summed E-state index contributed by atoms with van der Waals surface area (Å²) in [7, 11) is 0. The summed E-state index contributed by atoms with van der Waals surface area (Å²) in [6.07, 6.45) is 0. The smallest absolute Gasteiger partial charge is 0.402 e. The van der Waals surface area contributed by atoms with Crippen molar-refractivity contribution in [3.63, 3.8) is 0 Å². The highest BCUT2D eigenvalue weighted by atomic mass is 19.1. The molecule has 2 aromatic rings. The standard InChI is InChI=1S/C8H4FN3O/c9-4-1-2-6-5(3-4)7(12-10)8(13)11-6/h1-3,10H. The van der Waals surface area contributed by atoms with E-state index < -0.39 is 11.7 Å². The van der Waals surface area contributed by atoms with Crippen molar-refractivity contribution in [1.82, 2.24) is 4.98 Å². The molecule has 4 nitrogen and oxygen atoms in total. The average molecular weight is 177 g/mol. The lowest BCUT2D eigenvalue weighted by molar-refractivity contribution is -0.272. The van der Waals surface area contributed by atoms with E-state index in [1.807, 2.05) is 0 Å². The van der Waals surface area contributed by atoms with E-state index in [-0.39, 0.29) is 11.1 Å². The molecule has 13 heavy (non-hydrogen) atoms. The number of aromatic nitrogens is 1. The maximum absolute atomic E-state index is 12.7. The fourth-order valence-corrected chi connectivity index (χ4v) is 1.22. The Morgan fingerprint density at radius 2 is 2.23 bits per heavy atom. The van der Waals surface area contributed by atoms with Crippen LogP contribution >= 0.6 is 0 Å². The summed E-state index contributed by atoms with van der Waals surface area (Å²) in [5.41, 5.74) is 0.300. The van der Waals surface area contributed by atoms with Gasteiger partial charge in [0.15, 0.2) is 4.98 Å². The van der Waals surface area contributed by atoms with Gasteiger partial charge in [0, 0.05) is 0 Å². The Morgan fingerprint density at radius 3 is 2.92 bits per heavy atom. The zero-order chi connectivity index (χ0) is 9.42. The van der Waals surface area contributed by atoms with Crippen molar-refractivity contribution in [3.05, 3.63) is 29.0 Å². The van der Waals surface area contributed by atoms with Gasteiger partial charge in [0.1, 0.15) is 5.82 Å². The zero-order valence-electron chi connectivity index (χ0n) is 6.41. The van der Waals surface area contributed by atoms with Gasteiger partial charge in [-0.05, 0) is 18.2 Å². The molecule has 64 valence electrons. The quantitative estimate of drug-likeness (QED) is 0.624. The molecule has 0 aliphatic carbocycles. The van der Waals surface area contributed by atoms with Crippen LogP contribution in [0.4, 0.5) is 10.1 Å². The van der Waals surface area contributed by atoms with Crippen LogP contribution in [0.2, 0.25) is 0 Å². The van der Waals surface area contributed by atoms with Crippen molar-refractivity contribution >= 4 is 16.6 Å². The Morgan fingerprint density at radius 1 is 1.46 bits per heavy atom. The molecule has 0 radical (unpaired) electrons. The number of rotatable bonds is 0. The van der Waals surface area contributed by atoms with Gasteiger partial charge in [0.2, 0.25) is 5.39 Å². The van der Waals surface area contributed by atoms with Gasteiger partial charge in [-0.2, -0.15) is 0 Å². The van der Waals surface area contributed by atoms with Crippen molar-refractivity contribution in [3.8, 4) is 5.88 Å². The molecule has 0 saturated carbocycles. The van der Waals surface area contributed by atoms with Gasteiger partial charge in [-0.3, -0.25) is 0 Å². The second-order valence-corrected chi connectivity index (χ2v) is 2.59. The summed E-state index contributed by atoms with van der Waals surface area (Å²) in [5, 5.41) is 19.8. The van der Waals surface area contributed by atoms with Crippen LogP contribution in [0, 0.1) is 11.2 Å². The van der Waals surface area contributed by atoms with Crippen LogP contribution in [0.5, 0.6) is 5.88 Å². The third-order valence-electron chi connectivity index (χ3n) is 1.80. The van der Waals surface area contributed by atoms with Gasteiger partial charge in [0.25, 0.3) is 0 Å². The first-order valence-corrected chi connectivity index (χ1v) is 3.55.